The van der Waals surface area contributed by atoms with Gasteiger partial charge in [0.15, 0.2) is 0 Å². The van der Waals surface area contributed by atoms with Crippen molar-refractivity contribution in [3.05, 3.63) is 64.6 Å². The van der Waals surface area contributed by atoms with Crippen molar-refractivity contribution in [2.45, 2.75) is 32.6 Å². The molecule has 3 rings (SSSR count). The molecule has 1 aliphatic rings. The van der Waals surface area contributed by atoms with E-state index in [-0.39, 0.29) is 5.91 Å². The van der Waals surface area contributed by atoms with E-state index in [9.17, 15) is 4.79 Å². The Balaban J connectivity index is 1.50. The first-order valence-corrected chi connectivity index (χ1v) is 11.4. The molecule has 0 N–H and O–H groups in total. The number of thioether (sulfide) groups is 1. The number of ether oxygens (including phenoxy) is 2. The molecule has 2 aromatic carbocycles. The molecular weight excluding hydrogens is 414 g/mol. The summed E-state index contributed by atoms with van der Waals surface area (Å²) in [6.07, 6.45) is 3.73. The molecule has 6 heteroatoms. The molecule has 30 heavy (non-hydrogen) atoms. The fraction of sp³-hybridized carbons (Fsp3) is 0.333. The fourth-order valence-electron chi connectivity index (χ4n) is 2.98. The standard InChI is InChI=1S/C24H27NO3S2/c1-4-17(2)18-10-12-20(13-11-18)27-14-7-15-28-21-9-6-5-8-19(21)16-22-23(26)25(3)24(29)30-22/h5-6,8-13,16-17H,4,7,14-15H2,1-3H3. The Morgan fingerprint density at radius 2 is 1.80 bits per heavy atom. The Morgan fingerprint density at radius 1 is 1.10 bits per heavy atom. The molecule has 0 aromatic heterocycles. The Bertz CT molecular complexity index is 924. The van der Waals surface area contributed by atoms with Gasteiger partial charge in [-0.15, -0.1) is 0 Å². The highest BCUT2D eigenvalue weighted by Crippen LogP contribution is 2.33. The highest BCUT2D eigenvalue weighted by Gasteiger charge is 2.28. The summed E-state index contributed by atoms with van der Waals surface area (Å²) in [5, 5.41) is 0. The number of rotatable bonds is 9. The van der Waals surface area contributed by atoms with Gasteiger partial charge in [-0.3, -0.25) is 9.69 Å². The molecule has 1 aliphatic heterocycles. The molecule has 0 aliphatic carbocycles. The van der Waals surface area contributed by atoms with Gasteiger partial charge in [0.1, 0.15) is 15.8 Å². The zero-order chi connectivity index (χ0) is 21.5. The maximum absolute atomic E-state index is 12.2. The van der Waals surface area contributed by atoms with Gasteiger partial charge >= 0.3 is 0 Å². The lowest BCUT2D eigenvalue weighted by Gasteiger charge is -2.12. The second-order valence-corrected chi connectivity index (χ2v) is 8.88. The van der Waals surface area contributed by atoms with E-state index in [2.05, 4.69) is 26.0 Å². The van der Waals surface area contributed by atoms with Crippen LogP contribution in [0.5, 0.6) is 11.5 Å². The molecule has 0 radical (unpaired) electrons. The third-order valence-electron chi connectivity index (χ3n) is 5.07. The molecule has 0 saturated carbocycles. The largest absolute Gasteiger partial charge is 0.493 e. The molecule has 1 saturated heterocycles. The lowest BCUT2D eigenvalue weighted by molar-refractivity contribution is -0.121. The van der Waals surface area contributed by atoms with E-state index in [0.717, 1.165) is 29.9 Å². The average molecular weight is 442 g/mol. The van der Waals surface area contributed by atoms with E-state index in [1.54, 1.807) is 7.05 Å². The third kappa shape index (κ3) is 5.64. The van der Waals surface area contributed by atoms with Crippen molar-refractivity contribution >= 4 is 40.3 Å². The van der Waals surface area contributed by atoms with E-state index in [1.807, 2.05) is 42.5 Å². The summed E-state index contributed by atoms with van der Waals surface area (Å²) in [6, 6.07) is 16.0. The van der Waals surface area contributed by atoms with Crippen LogP contribution in [-0.2, 0) is 4.79 Å². The highest BCUT2D eigenvalue weighted by molar-refractivity contribution is 8.26. The lowest BCUT2D eigenvalue weighted by Crippen LogP contribution is -2.22. The number of hydrogen-bond acceptors (Lipinski definition) is 5. The Morgan fingerprint density at radius 3 is 2.47 bits per heavy atom. The molecule has 1 unspecified atom stereocenters. The van der Waals surface area contributed by atoms with E-state index >= 15 is 0 Å². The first kappa shape index (κ1) is 22.4. The topological polar surface area (TPSA) is 38.8 Å². The monoisotopic (exact) mass is 441 g/mol. The van der Waals surface area contributed by atoms with Gasteiger partial charge in [0.2, 0.25) is 0 Å². The molecule has 1 heterocycles. The smallest absolute Gasteiger partial charge is 0.265 e. The van der Waals surface area contributed by atoms with Gasteiger partial charge < -0.3 is 9.47 Å². The third-order valence-corrected chi connectivity index (χ3v) is 6.55. The number of likely N-dealkylation sites (N-methyl/N-ethyl adjacent to an activating group) is 1. The summed E-state index contributed by atoms with van der Waals surface area (Å²) >= 11 is 6.50. The highest BCUT2D eigenvalue weighted by atomic mass is 32.2. The van der Waals surface area contributed by atoms with Crippen LogP contribution < -0.4 is 9.47 Å². The first-order chi connectivity index (χ1) is 14.5. The number of amides is 1. The van der Waals surface area contributed by atoms with Crippen LogP contribution in [0.4, 0.5) is 0 Å². The number of nitrogens with zero attached hydrogens (tertiary/aromatic N) is 1. The molecule has 0 spiro atoms. The quantitative estimate of drug-likeness (QED) is 0.276. The summed E-state index contributed by atoms with van der Waals surface area (Å²) < 4.78 is 12.3. The van der Waals surface area contributed by atoms with Gasteiger partial charge in [-0.1, -0.05) is 68.2 Å². The van der Waals surface area contributed by atoms with Crippen LogP contribution in [0.1, 0.15) is 43.7 Å². The number of benzene rings is 2. The molecular formula is C24H27NO3S2. The van der Waals surface area contributed by atoms with Crippen molar-refractivity contribution in [2.24, 2.45) is 0 Å². The molecule has 1 amide bonds. The van der Waals surface area contributed by atoms with E-state index < -0.39 is 0 Å². The van der Waals surface area contributed by atoms with Gasteiger partial charge in [-0.05, 0) is 42.2 Å². The van der Waals surface area contributed by atoms with E-state index in [0.29, 0.717) is 28.4 Å². The van der Waals surface area contributed by atoms with Crippen LogP contribution in [0.25, 0.3) is 6.08 Å². The molecule has 1 fully saturated rings. The van der Waals surface area contributed by atoms with Crippen molar-refractivity contribution in [3.8, 4) is 11.5 Å². The van der Waals surface area contributed by atoms with Crippen LogP contribution in [0.2, 0.25) is 0 Å². The summed E-state index contributed by atoms with van der Waals surface area (Å²) in [4.78, 5) is 14.3. The van der Waals surface area contributed by atoms with Crippen LogP contribution in [0.15, 0.2) is 53.4 Å². The number of thiocarbonyl (C=S) groups is 1. The van der Waals surface area contributed by atoms with Crippen LogP contribution >= 0.6 is 24.0 Å². The van der Waals surface area contributed by atoms with Crippen LogP contribution in [0, 0.1) is 0 Å². The predicted molar refractivity (Wildman–Crippen MR) is 128 cm³/mol. The Hall–Kier alpha value is -2.31. The van der Waals surface area contributed by atoms with Crippen molar-refractivity contribution in [2.75, 3.05) is 20.3 Å². The normalized spacial score (nSPS) is 16.2. The van der Waals surface area contributed by atoms with Crippen LogP contribution in [0.3, 0.4) is 0 Å². The lowest BCUT2D eigenvalue weighted by atomic mass is 9.99. The first-order valence-electron chi connectivity index (χ1n) is 10.2. The van der Waals surface area contributed by atoms with Gasteiger partial charge in [-0.25, -0.2) is 0 Å². The molecule has 1 atom stereocenters. The maximum Gasteiger partial charge on any atom is 0.265 e. The predicted octanol–water partition coefficient (Wildman–Crippen LogP) is 5.88. The van der Waals surface area contributed by atoms with Gasteiger partial charge in [0.25, 0.3) is 5.91 Å². The minimum absolute atomic E-state index is 0.0763. The summed E-state index contributed by atoms with van der Waals surface area (Å²) in [6.45, 7) is 5.54. The van der Waals surface area contributed by atoms with E-state index in [4.69, 9.17) is 21.7 Å². The van der Waals surface area contributed by atoms with E-state index in [1.165, 1.54) is 22.2 Å². The average Bonchev–Trinajstić information content (AvgIpc) is 3.01. The number of carbonyl (C=O) groups is 1. The summed E-state index contributed by atoms with van der Waals surface area (Å²) in [5.74, 6) is 2.12. The fourth-order valence-corrected chi connectivity index (χ4v) is 4.15. The van der Waals surface area contributed by atoms with Gasteiger partial charge in [-0.2, -0.15) is 0 Å². The Labute approximate surface area is 188 Å². The molecule has 2 aromatic rings. The number of hydrogen-bond donors (Lipinski definition) is 0. The zero-order valence-electron chi connectivity index (χ0n) is 17.6. The SMILES string of the molecule is CCC(C)c1ccc(OCCCOc2ccccc2C=C2SC(=S)N(C)C2=O)cc1. The van der Waals surface area contributed by atoms with Crippen molar-refractivity contribution < 1.29 is 14.3 Å². The maximum atomic E-state index is 12.2. The minimum Gasteiger partial charge on any atom is -0.493 e. The van der Waals surface area contributed by atoms with Gasteiger partial charge in [0, 0.05) is 19.0 Å². The minimum atomic E-state index is -0.0763. The molecule has 0 bridgehead atoms. The zero-order valence-corrected chi connectivity index (χ0v) is 19.2. The second kappa shape index (κ2) is 10.6. The van der Waals surface area contributed by atoms with Crippen LogP contribution in [-0.4, -0.2) is 35.4 Å². The summed E-state index contributed by atoms with van der Waals surface area (Å²) in [5.41, 5.74) is 2.21. The second-order valence-electron chi connectivity index (χ2n) is 7.21. The summed E-state index contributed by atoms with van der Waals surface area (Å²) in [7, 11) is 1.69. The number of carbonyl (C=O) groups excluding carboxylic acids is 1. The molecule has 4 nitrogen and oxygen atoms in total. The molecule has 158 valence electrons. The van der Waals surface area contributed by atoms with Crippen molar-refractivity contribution in [3.63, 3.8) is 0 Å². The Kier molecular flexibility index (Phi) is 7.94. The van der Waals surface area contributed by atoms with Crippen molar-refractivity contribution in [1.82, 2.24) is 4.90 Å². The van der Waals surface area contributed by atoms with Crippen molar-refractivity contribution in [1.29, 1.82) is 0 Å². The van der Waals surface area contributed by atoms with Gasteiger partial charge in [0.05, 0.1) is 18.1 Å². The number of para-hydroxylation sites is 1.